The molecule has 0 saturated heterocycles. The van der Waals surface area contributed by atoms with Crippen LogP contribution in [0.1, 0.15) is 10.4 Å². The van der Waals surface area contributed by atoms with Crippen molar-refractivity contribution in [1.29, 1.82) is 0 Å². The van der Waals surface area contributed by atoms with E-state index in [-0.39, 0.29) is 11.1 Å². The molecule has 0 atom stereocenters. The minimum absolute atomic E-state index is 0.0134. The molecule has 6 nitrogen and oxygen atoms in total. The van der Waals surface area contributed by atoms with E-state index in [4.69, 9.17) is 0 Å². The molecule has 0 saturated carbocycles. The summed E-state index contributed by atoms with van der Waals surface area (Å²) in [6.07, 6.45) is 4.66. The van der Waals surface area contributed by atoms with E-state index in [1.54, 1.807) is 23.8 Å². The molecule has 0 bridgehead atoms. The Bertz CT molecular complexity index is 1060. The number of fused-ring (bicyclic) bond motifs is 2. The Morgan fingerprint density at radius 2 is 2.18 bits per heavy atom. The van der Waals surface area contributed by atoms with E-state index in [1.807, 2.05) is 12.1 Å². The van der Waals surface area contributed by atoms with E-state index in [0.717, 1.165) is 10.1 Å². The molecule has 0 fully saturated rings. The lowest BCUT2D eigenvalue weighted by Gasteiger charge is -2.05. The largest absolute Gasteiger partial charge is 0.322 e. The second-order valence-electron chi connectivity index (χ2n) is 4.57. The van der Waals surface area contributed by atoms with E-state index < -0.39 is 5.91 Å². The Hall–Kier alpha value is -2.58. The van der Waals surface area contributed by atoms with Crippen LogP contribution in [-0.4, -0.2) is 19.7 Å². The van der Waals surface area contributed by atoms with E-state index in [9.17, 15) is 9.59 Å². The third-order valence-electron chi connectivity index (χ3n) is 3.20. The molecular weight excluding hydrogens is 320 g/mol. The number of hydrogen-bond acceptors (Lipinski definition) is 6. The van der Waals surface area contributed by atoms with Gasteiger partial charge < -0.3 is 5.32 Å². The summed E-state index contributed by atoms with van der Waals surface area (Å²) < 4.78 is 6.50. The van der Waals surface area contributed by atoms with Crippen molar-refractivity contribution in [2.24, 2.45) is 0 Å². The number of hydrogen-bond donors (Lipinski definition) is 1. The van der Waals surface area contributed by atoms with Crippen LogP contribution in [0.3, 0.4) is 0 Å². The molecular formula is C14H8N4O2S2. The number of amides is 1. The van der Waals surface area contributed by atoms with Crippen molar-refractivity contribution < 1.29 is 4.79 Å². The van der Waals surface area contributed by atoms with Crippen molar-refractivity contribution >= 4 is 49.5 Å². The van der Waals surface area contributed by atoms with Gasteiger partial charge in [-0.15, -0.1) is 11.3 Å². The van der Waals surface area contributed by atoms with Crippen molar-refractivity contribution in [1.82, 2.24) is 13.8 Å². The van der Waals surface area contributed by atoms with Gasteiger partial charge in [0.15, 0.2) is 4.96 Å². The number of carbonyl (C=O) groups is 1. The highest BCUT2D eigenvalue weighted by atomic mass is 32.1. The summed E-state index contributed by atoms with van der Waals surface area (Å²) in [5.41, 5.74) is 0.258. The highest BCUT2D eigenvalue weighted by molar-refractivity contribution is 7.15. The summed E-state index contributed by atoms with van der Waals surface area (Å²) in [6, 6.07) is 5.49. The normalized spacial score (nSPS) is 11.1. The average molecular weight is 328 g/mol. The Morgan fingerprint density at radius 1 is 1.27 bits per heavy atom. The third-order valence-corrected chi connectivity index (χ3v) is 4.75. The smallest absolute Gasteiger partial charge is 0.271 e. The van der Waals surface area contributed by atoms with Crippen LogP contribution < -0.4 is 10.9 Å². The average Bonchev–Trinajstić information content (AvgIpc) is 3.15. The lowest BCUT2D eigenvalue weighted by Crippen LogP contribution is -2.25. The van der Waals surface area contributed by atoms with E-state index in [2.05, 4.69) is 14.7 Å². The van der Waals surface area contributed by atoms with E-state index >= 15 is 0 Å². The zero-order valence-corrected chi connectivity index (χ0v) is 12.6. The minimum Gasteiger partial charge on any atom is -0.322 e. The molecule has 4 rings (SSSR count). The summed E-state index contributed by atoms with van der Waals surface area (Å²) >= 11 is 2.73. The molecule has 0 unspecified atom stereocenters. The SMILES string of the molecule is O=C(Nc1ccc2sncc2c1)c1cnc2sccn2c1=O. The predicted octanol–water partition coefficient (Wildman–Crippen LogP) is 2.62. The van der Waals surface area contributed by atoms with Crippen LogP contribution in [0.25, 0.3) is 15.0 Å². The van der Waals surface area contributed by atoms with Crippen LogP contribution in [0.5, 0.6) is 0 Å². The Balaban J connectivity index is 1.70. The van der Waals surface area contributed by atoms with Gasteiger partial charge >= 0.3 is 0 Å². The molecule has 0 radical (unpaired) electrons. The number of anilines is 1. The van der Waals surface area contributed by atoms with Gasteiger partial charge in [0.1, 0.15) is 5.56 Å². The number of carbonyl (C=O) groups excluding carboxylic acids is 1. The molecule has 8 heteroatoms. The predicted molar refractivity (Wildman–Crippen MR) is 86.9 cm³/mol. The van der Waals surface area contributed by atoms with Gasteiger partial charge in [-0.05, 0) is 29.7 Å². The van der Waals surface area contributed by atoms with E-state index in [1.165, 1.54) is 33.5 Å². The fourth-order valence-electron chi connectivity index (χ4n) is 2.13. The van der Waals surface area contributed by atoms with Crippen LogP contribution in [0, 0.1) is 0 Å². The summed E-state index contributed by atoms with van der Waals surface area (Å²) in [7, 11) is 0. The molecule has 0 aliphatic heterocycles. The standard InChI is InChI=1S/C14H8N4O2S2/c19-12(10-7-15-14-18(13(10)20)3-4-21-14)17-9-1-2-11-8(5-9)6-16-22-11/h1-7H,(H,17,19). The monoisotopic (exact) mass is 328 g/mol. The minimum atomic E-state index is -0.472. The summed E-state index contributed by atoms with van der Waals surface area (Å²) in [6.45, 7) is 0. The number of thiazole rings is 1. The lowest BCUT2D eigenvalue weighted by atomic mass is 10.2. The topological polar surface area (TPSA) is 76.4 Å². The van der Waals surface area contributed by atoms with Crippen LogP contribution in [-0.2, 0) is 0 Å². The molecule has 22 heavy (non-hydrogen) atoms. The number of rotatable bonds is 2. The van der Waals surface area contributed by atoms with E-state index in [0.29, 0.717) is 10.6 Å². The molecule has 1 amide bonds. The first-order chi connectivity index (χ1) is 10.7. The molecule has 4 aromatic rings. The summed E-state index contributed by atoms with van der Waals surface area (Å²) in [5.74, 6) is -0.472. The van der Waals surface area contributed by atoms with Crippen molar-refractivity contribution in [3.63, 3.8) is 0 Å². The first-order valence-corrected chi connectivity index (χ1v) is 7.98. The Morgan fingerprint density at radius 3 is 3.09 bits per heavy atom. The summed E-state index contributed by atoms with van der Waals surface area (Å²) in [4.78, 5) is 29.2. The van der Waals surface area contributed by atoms with Crippen LogP contribution in [0.15, 0.2) is 47.0 Å². The van der Waals surface area contributed by atoms with Crippen LogP contribution >= 0.6 is 22.9 Å². The molecule has 1 N–H and O–H groups in total. The van der Waals surface area contributed by atoms with Gasteiger partial charge in [0.25, 0.3) is 11.5 Å². The van der Waals surface area contributed by atoms with Crippen LogP contribution in [0.2, 0.25) is 0 Å². The molecule has 0 aliphatic carbocycles. The number of nitrogens with one attached hydrogen (secondary N) is 1. The first kappa shape index (κ1) is 13.1. The molecule has 1 aromatic carbocycles. The first-order valence-electron chi connectivity index (χ1n) is 6.33. The van der Waals surface area contributed by atoms with Gasteiger partial charge in [-0.1, -0.05) is 0 Å². The molecule has 0 aliphatic rings. The van der Waals surface area contributed by atoms with Gasteiger partial charge in [-0.2, -0.15) is 4.37 Å². The Labute approximate surface area is 131 Å². The maximum Gasteiger partial charge on any atom is 0.271 e. The molecule has 0 spiro atoms. The molecule has 108 valence electrons. The van der Waals surface area contributed by atoms with Crippen molar-refractivity contribution in [3.8, 4) is 0 Å². The third kappa shape index (κ3) is 2.09. The highest BCUT2D eigenvalue weighted by Gasteiger charge is 2.14. The zero-order chi connectivity index (χ0) is 15.1. The number of nitrogens with zero attached hydrogens (tertiary/aromatic N) is 3. The maximum absolute atomic E-state index is 12.3. The fraction of sp³-hybridized carbons (Fsp3) is 0. The maximum atomic E-state index is 12.3. The number of aromatic nitrogens is 3. The molecule has 3 heterocycles. The molecule has 3 aromatic heterocycles. The zero-order valence-electron chi connectivity index (χ0n) is 11.0. The Kier molecular flexibility index (Phi) is 2.98. The summed E-state index contributed by atoms with van der Waals surface area (Å²) in [5, 5.41) is 5.43. The van der Waals surface area contributed by atoms with Gasteiger partial charge in [0, 0.05) is 35.0 Å². The highest BCUT2D eigenvalue weighted by Crippen LogP contribution is 2.22. The van der Waals surface area contributed by atoms with Crippen molar-refractivity contribution in [2.45, 2.75) is 0 Å². The van der Waals surface area contributed by atoms with Gasteiger partial charge in [0.05, 0.1) is 4.70 Å². The second-order valence-corrected chi connectivity index (χ2v) is 6.27. The fourth-order valence-corrected chi connectivity index (χ4v) is 3.43. The lowest BCUT2D eigenvalue weighted by molar-refractivity contribution is 0.102. The number of benzene rings is 1. The van der Waals surface area contributed by atoms with Gasteiger partial charge in [0.2, 0.25) is 0 Å². The van der Waals surface area contributed by atoms with Crippen molar-refractivity contribution in [2.75, 3.05) is 5.32 Å². The van der Waals surface area contributed by atoms with Crippen molar-refractivity contribution in [3.05, 3.63) is 58.1 Å². The van der Waals surface area contributed by atoms with Gasteiger partial charge in [-0.3, -0.25) is 14.0 Å². The van der Waals surface area contributed by atoms with Crippen LogP contribution in [0.4, 0.5) is 5.69 Å². The quantitative estimate of drug-likeness (QED) is 0.614. The second kappa shape index (κ2) is 5.00. The van der Waals surface area contributed by atoms with Gasteiger partial charge in [-0.25, -0.2) is 4.98 Å².